The lowest BCUT2D eigenvalue weighted by molar-refractivity contribution is 0.0671. The molecule has 1 rings (SSSR count). The van der Waals surface area contributed by atoms with Crippen molar-refractivity contribution in [1.82, 2.24) is 9.78 Å². The number of hydrogen-bond donors (Lipinski definition) is 1. The number of carboxylic acid groups (broad SMARTS) is 1. The van der Waals surface area contributed by atoms with E-state index in [4.69, 9.17) is 16.7 Å². The monoisotopic (exact) mass is 210 g/mol. The second kappa shape index (κ2) is 3.69. The maximum absolute atomic E-state index is 11.9. The Bertz CT molecular complexity index is 326. The molecule has 0 bridgehead atoms. The maximum atomic E-state index is 11.9. The fourth-order valence-corrected chi connectivity index (χ4v) is 1.07. The maximum Gasteiger partial charge on any atom is 0.355 e. The highest BCUT2D eigenvalue weighted by Crippen LogP contribution is 2.15. The number of carbonyl (C=O) groups is 1. The molecule has 0 aliphatic rings. The third-order valence-electron chi connectivity index (χ3n) is 1.31. The molecule has 0 saturated carbocycles. The van der Waals surface area contributed by atoms with E-state index in [-0.39, 0.29) is 5.02 Å². The van der Waals surface area contributed by atoms with Gasteiger partial charge in [-0.25, -0.2) is 13.6 Å². The zero-order valence-electron chi connectivity index (χ0n) is 6.25. The first kappa shape index (κ1) is 9.91. The second-order valence-electron chi connectivity index (χ2n) is 2.22. The van der Waals surface area contributed by atoms with E-state index in [0.29, 0.717) is 4.68 Å². The van der Waals surface area contributed by atoms with E-state index < -0.39 is 24.6 Å². The zero-order valence-corrected chi connectivity index (χ0v) is 7.00. The van der Waals surface area contributed by atoms with Crippen molar-refractivity contribution in [3.63, 3.8) is 0 Å². The Labute approximate surface area is 76.7 Å². The predicted octanol–water partition coefficient (Wildman–Crippen LogP) is 1.50. The highest BCUT2D eigenvalue weighted by molar-refractivity contribution is 6.33. The van der Waals surface area contributed by atoms with Crippen LogP contribution in [-0.4, -0.2) is 27.3 Å². The Morgan fingerprint density at radius 3 is 2.85 bits per heavy atom. The Morgan fingerprint density at radius 2 is 2.38 bits per heavy atom. The minimum Gasteiger partial charge on any atom is -0.476 e. The first-order chi connectivity index (χ1) is 6.02. The summed E-state index contributed by atoms with van der Waals surface area (Å²) in [6, 6.07) is 0. The largest absolute Gasteiger partial charge is 0.476 e. The molecular formula is C6H5ClF2N2O2. The number of nitrogens with zero attached hydrogens (tertiary/aromatic N) is 2. The van der Waals surface area contributed by atoms with Crippen LogP contribution in [0.4, 0.5) is 8.78 Å². The third kappa shape index (κ3) is 2.15. The molecule has 13 heavy (non-hydrogen) atoms. The molecule has 0 aliphatic carbocycles. The van der Waals surface area contributed by atoms with E-state index in [0.717, 1.165) is 6.20 Å². The van der Waals surface area contributed by atoms with Gasteiger partial charge in [0.1, 0.15) is 6.54 Å². The summed E-state index contributed by atoms with van der Waals surface area (Å²) in [5.74, 6) is -1.37. The average molecular weight is 211 g/mol. The van der Waals surface area contributed by atoms with E-state index >= 15 is 0 Å². The predicted molar refractivity (Wildman–Crippen MR) is 40.2 cm³/mol. The number of aromatic nitrogens is 2. The number of alkyl halides is 2. The van der Waals surface area contributed by atoms with Crippen molar-refractivity contribution >= 4 is 17.6 Å². The van der Waals surface area contributed by atoms with Gasteiger partial charge in [0.25, 0.3) is 6.43 Å². The van der Waals surface area contributed by atoms with Crippen molar-refractivity contribution in [2.75, 3.05) is 0 Å². The highest BCUT2D eigenvalue weighted by atomic mass is 35.5. The Hall–Kier alpha value is -1.17. The molecule has 1 aromatic heterocycles. The minimum atomic E-state index is -2.66. The summed E-state index contributed by atoms with van der Waals surface area (Å²) < 4.78 is 24.4. The third-order valence-corrected chi connectivity index (χ3v) is 1.58. The first-order valence-corrected chi connectivity index (χ1v) is 3.63. The van der Waals surface area contributed by atoms with Crippen molar-refractivity contribution in [3.8, 4) is 0 Å². The van der Waals surface area contributed by atoms with Crippen LogP contribution in [0.3, 0.4) is 0 Å². The lowest BCUT2D eigenvalue weighted by Crippen LogP contribution is -2.14. The normalized spacial score (nSPS) is 10.8. The van der Waals surface area contributed by atoms with Crippen LogP contribution in [0.15, 0.2) is 6.20 Å². The standard InChI is InChI=1S/C6H5ClF2N2O2/c7-3-1-10-11(2-4(8)9)5(3)6(12)13/h1,4H,2H2,(H,12,13). The molecular weight excluding hydrogens is 206 g/mol. The van der Waals surface area contributed by atoms with Gasteiger partial charge in [0, 0.05) is 0 Å². The van der Waals surface area contributed by atoms with E-state index in [9.17, 15) is 13.6 Å². The van der Waals surface area contributed by atoms with Crippen molar-refractivity contribution in [3.05, 3.63) is 16.9 Å². The molecule has 1 heterocycles. The van der Waals surface area contributed by atoms with Crippen LogP contribution >= 0.6 is 11.6 Å². The van der Waals surface area contributed by atoms with E-state index in [1.54, 1.807) is 0 Å². The molecule has 0 aliphatic heterocycles. The van der Waals surface area contributed by atoms with E-state index in [2.05, 4.69) is 5.10 Å². The molecule has 0 radical (unpaired) electrons. The van der Waals surface area contributed by atoms with E-state index in [1.807, 2.05) is 0 Å². The quantitative estimate of drug-likeness (QED) is 0.823. The molecule has 0 aromatic carbocycles. The van der Waals surface area contributed by atoms with Gasteiger partial charge in [-0.1, -0.05) is 11.6 Å². The lowest BCUT2D eigenvalue weighted by atomic mass is 10.4. The summed E-state index contributed by atoms with van der Waals surface area (Å²) in [5, 5.41) is 11.8. The number of aromatic carboxylic acids is 1. The smallest absolute Gasteiger partial charge is 0.355 e. The van der Waals surface area contributed by atoms with Crippen LogP contribution in [0.1, 0.15) is 10.5 Å². The van der Waals surface area contributed by atoms with Crippen LogP contribution in [0, 0.1) is 0 Å². The molecule has 0 amide bonds. The van der Waals surface area contributed by atoms with Gasteiger partial charge in [-0.05, 0) is 0 Å². The van der Waals surface area contributed by atoms with Gasteiger partial charge >= 0.3 is 5.97 Å². The molecule has 1 N–H and O–H groups in total. The molecule has 72 valence electrons. The number of carboxylic acids is 1. The van der Waals surface area contributed by atoms with Gasteiger partial charge in [-0.15, -0.1) is 0 Å². The molecule has 0 fully saturated rings. The van der Waals surface area contributed by atoms with Gasteiger partial charge in [0.15, 0.2) is 5.69 Å². The molecule has 0 spiro atoms. The second-order valence-corrected chi connectivity index (χ2v) is 2.63. The van der Waals surface area contributed by atoms with Crippen LogP contribution < -0.4 is 0 Å². The molecule has 4 nitrogen and oxygen atoms in total. The molecule has 7 heteroatoms. The number of hydrogen-bond acceptors (Lipinski definition) is 2. The summed E-state index contributed by atoms with van der Waals surface area (Å²) >= 11 is 5.41. The van der Waals surface area contributed by atoms with E-state index in [1.165, 1.54) is 0 Å². The van der Waals surface area contributed by atoms with Crippen molar-refractivity contribution in [2.45, 2.75) is 13.0 Å². The lowest BCUT2D eigenvalue weighted by Gasteiger charge is -2.02. The highest BCUT2D eigenvalue weighted by Gasteiger charge is 2.18. The average Bonchev–Trinajstić information content (AvgIpc) is 2.30. The molecule has 1 aromatic rings. The van der Waals surface area contributed by atoms with Gasteiger partial charge < -0.3 is 5.11 Å². The Morgan fingerprint density at radius 1 is 1.77 bits per heavy atom. The van der Waals surface area contributed by atoms with Crippen molar-refractivity contribution in [2.24, 2.45) is 0 Å². The van der Waals surface area contributed by atoms with Crippen LogP contribution in [-0.2, 0) is 6.54 Å². The summed E-state index contributed by atoms with van der Waals surface area (Å²) in [6.07, 6.45) is -1.64. The molecule has 0 saturated heterocycles. The van der Waals surface area contributed by atoms with Crippen LogP contribution in [0.25, 0.3) is 0 Å². The number of halogens is 3. The summed E-state index contributed by atoms with van der Waals surface area (Å²) in [5.41, 5.74) is -0.415. The van der Waals surface area contributed by atoms with Crippen LogP contribution in [0.2, 0.25) is 5.02 Å². The fourth-order valence-electron chi connectivity index (χ4n) is 0.844. The van der Waals surface area contributed by atoms with Crippen molar-refractivity contribution in [1.29, 1.82) is 0 Å². The minimum absolute atomic E-state index is 0.145. The fraction of sp³-hybridized carbons (Fsp3) is 0.333. The Balaban J connectivity index is 3.00. The number of rotatable bonds is 3. The summed E-state index contributed by atoms with van der Waals surface area (Å²) in [6.45, 7) is -0.769. The van der Waals surface area contributed by atoms with Crippen LogP contribution in [0.5, 0.6) is 0 Å². The van der Waals surface area contributed by atoms with Gasteiger partial charge in [0.05, 0.1) is 11.2 Å². The summed E-state index contributed by atoms with van der Waals surface area (Å²) in [4.78, 5) is 10.5. The van der Waals surface area contributed by atoms with Gasteiger partial charge in [0.2, 0.25) is 0 Å². The Kier molecular flexibility index (Phi) is 2.82. The SMILES string of the molecule is O=C(O)c1c(Cl)cnn1CC(F)F. The van der Waals surface area contributed by atoms with Gasteiger partial charge in [-0.3, -0.25) is 4.68 Å². The topological polar surface area (TPSA) is 55.1 Å². The first-order valence-electron chi connectivity index (χ1n) is 3.25. The molecule has 0 atom stereocenters. The summed E-state index contributed by atoms with van der Waals surface area (Å²) in [7, 11) is 0. The zero-order chi connectivity index (χ0) is 10.0. The molecule has 0 unspecified atom stereocenters. The van der Waals surface area contributed by atoms with Gasteiger partial charge in [-0.2, -0.15) is 5.10 Å². The van der Waals surface area contributed by atoms with Crippen molar-refractivity contribution < 1.29 is 18.7 Å².